The molecule has 2 N–H and O–H groups in total. The number of nitro benzene ring substituents is 1. The molecule has 9 heteroatoms. The summed E-state index contributed by atoms with van der Waals surface area (Å²) in [5, 5.41) is 13.6. The number of benzene rings is 1. The number of hydrogen-bond acceptors (Lipinski definition) is 6. The highest BCUT2D eigenvalue weighted by atomic mass is 16.6. The number of nitro groups is 1. The molecule has 0 saturated carbocycles. The molecule has 0 aliphatic carbocycles. The Kier molecular flexibility index (Phi) is 6.51. The second-order valence-corrected chi connectivity index (χ2v) is 6.31. The first-order valence-corrected chi connectivity index (χ1v) is 8.43. The molecular weight excluding hydrogens is 342 g/mol. The zero-order valence-electron chi connectivity index (χ0n) is 15.1. The minimum atomic E-state index is -0.521. The van der Waals surface area contributed by atoms with Crippen LogP contribution in [0.1, 0.15) is 19.8 Å². The van der Waals surface area contributed by atoms with Gasteiger partial charge < -0.3 is 19.7 Å². The summed E-state index contributed by atoms with van der Waals surface area (Å²) in [4.78, 5) is 35.6. The smallest absolute Gasteiger partial charge is 0.309 e. The zero-order valence-corrected chi connectivity index (χ0v) is 15.1. The average Bonchev–Trinajstić information content (AvgIpc) is 2.66. The maximum absolute atomic E-state index is 12.6. The van der Waals surface area contributed by atoms with Crippen molar-refractivity contribution in [2.24, 2.45) is 5.92 Å². The fourth-order valence-electron chi connectivity index (χ4n) is 3.15. The number of rotatable bonds is 6. The molecule has 2 rings (SSSR count). The number of amides is 1. The van der Waals surface area contributed by atoms with Crippen molar-refractivity contribution in [2.45, 2.75) is 25.8 Å². The van der Waals surface area contributed by atoms with E-state index in [1.165, 1.54) is 32.4 Å². The third-order valence-corrected chi connectivity index (χ3v) is 4.82. The van der Waals surface area contributed by atoms with Crippen molar-refractivity contribution in [3.05, 3.63) is 28.3 Å². The van der Waals surface area contributed by atoms with E-state index in [-0.39, 0.29) is 35.3 Å². The van der Waals surface area contributed by atoms with Gasteiger partial charge >= 0.3 is 5.97 Å². The predicted molar refractivity (Wildman–Crippen MR) is 93.2 cm³/mol. The molecule has 9 nitrogen and oxygen atoms in total. The van der Waals surface area contributed by atoms with Crippen molar-refractivity contribution < 1.29 is 28.9 Å². The van der Waals surface area contributed by atoms with Crippen molar-refractivity contribution in [3.8, 4) is 5.75 Å². The molecule has 1 aliphatic rings. The fraction of sp³-hybridized carbons (Fsp3) is 0.529. The molecule has 1 aromatic carbocycles. The summed E-state index contributed by atoms with van der Waals surface area (Å²) in [6, 6.07) is 3.72. The lowest BCUT2D eigenvalue weighted by molar-refractivity contribution is -0.919. The second kappa shape index (κ2) is 8.61. The highest BCUT2D eigenvalue weighted by Crippen LogP contribution is 2.29. The molecule has 1 heterocycles. The molecule has 26 heavy (non-hydrogen) atoms. The SMILES string of the molecule is COC(=O)C1CC[NH+]([C@H](C)C(=O)Nc2ccc([N+](=O)[O-])cc2OC)CC1. The summed E-state index contributed by atoms with van der Waals surface area (Å²) in [7, 11) is 2.77. The van der Waals surface area contributed by atoms with Crippen LogP contribution < -0.4 is 15.0 Å². The predicted octanol–water partition coefficient (Wildman–Crippen LogP) is 0.398. The number of likely N-dealkylation sites (tertiary alicyclic amines) is 1. The summed E-state index contributed by atoms with van der Waals surface area (Å²) >= 11 is 0. The molecule has 0 bridgehead atoms. The molecule has 1 aromatic rings. The van der Waals surface area contributed by atoms with Crippen LogP contribution in [0.3, 0.4) is 0 Å². The van der Waals surface area contributed by atoms with Gasteiger partial charge in [0.15, 0.2) is 6.04 Å². The zero-order chi connectivity index (χ0) is 19.3. The molecule has 0 radical (unpaired) electrons. The topological polar surface area (TPSA) is 112 Å². The Morgan fingerprint density at radius 3 is 2.50 bits per heavy atom. The van der Waals surface area contributed by atoms with E-state index in [9.17, 15) is 19.7 Å². The van der Waals surface area contributed by atoms with Crippen LogP contribution in [0, 0.1) is 16.0 Å². The quantitative estimate of drug-likeness (QED) is 0.428. The summed E-state index contributed by atoms with van der Waals surface area (Å²) in [6.07, 6.45) is 1.36. The molecule has 1 aliphatic heterocycles. The first-order chi connectivity index (χ1) is 12.4. The van der Waals surface area contributed by atoms with Gasteiger partial charge in [0.05, 0.1) is 49.9 Å². The van der Waals surface area contributed by atoms with Crippen LogP contribution >= 0.6 is 0 Å². The van der Waals surface area contributed by atoms with Gasteiger partial charge in [0, 0.05) is 18.9 Å². The van der Waals surface area contributed by atoms with E-state index in [4.69, 9.17) is 9.47 Å². The average molecular weight is 366 g/mol. The molecular formula is C17H24N3O6+. The number of quaternary nitrogens is 1. The van der Waals surface area contributed by atoms with Gasteiger partial charge in [-0.15, -0.1) is 0 Å². The van der Waals surface area contributed by atoms with Crippen molar-refractivity contribution in [1.82, 2.24) is 0 Å². The van der Waals surface area contributed by atoms with Crippen LogP contribution in [0.5, 0.6) is 5.75 Å². The molecule has 1 saturated heterocycles. The number of anilines is 1. The number of piperidine rings is 1. The number of carbonyl (C=O) groups is 2. The molecule has 142 valence electrons. The minimum absolute atomic E-state index is 0.103. The normalized spacial score (nSPS) is 20.7. The van der Waals surface area contributed by atoms with Gasteiger partial charge in [0.1, 0.15) is 5.75 Å². The van der Waals surface area contributed by atoms with Crippen LogP contribution in [0.4, 0.5) is 11.4 Å². The maximum Gasteiger partial charge on any atom is 0.309 e. The van der Waals surface area contributed by atoms with Crippen LogP contribution in [-0.2, 0) is 14.3 Å². The van der Waals surface area contributed by atoms with Crippen LogP contribution in [0.25, 0.3) is 0 Å². The number of hydrogen-bond donors (Lipinski definition) is 2. The molecule has 0 aromatic heterocycles. The van der Waals surface area contributed by atoms with Gasteiger partial charge in [-0.2, -0.15) is 0 Å². The number of ether oxygens (including phenoxy) is 2. The lowest BCUT2D eigenvalue weighted by Crippen LogP contribution is -3.17. The van der Waals surface area contributed by atoms with Crippen molar-refractivity contribution in [3.63, 3.8) is 0 Å². The van der Waals surface area contributed by atoms with Crippen molar-refractivity contribution in [1.29, 1.82) is 0 Å². The number of carbonyl (C=O) groups excluding carboxylic acids is 2. The van der Waals surface area contributed by atoms with Gasteiger partial charge in [-0.3, -0.25) is 19.7 Å². The summed E-state index contributed by atoms with van der Waals surface area (Å²) < 4.78 is 9.91. The Morgan fingerprint density at radius 1 is 1.31 bits per heavy atom. The Morgan fingerprint density at radius 2 is 1.96 bits per heavy atom. The van der Waals surface area contributed by atoms with Crippen LogP contribution in [0.15, 0.2) is 18.2 Å². The lowest BCUT2D eigenvalue weighted by Gasteiger charge is -2.31. The van der Waals surface area contributed by atoms with Crippen LogP contribution in [0.2, 0.25) is 0 Å². The standard InChI is InChI=1S/C17H23N3O6/c1-11(19-8-6-12(7-9-19)17(22)26-3)16(21)18-14-5-4-13(20(23)24)10-15(14)25-2/h4-5,10-12H,6-9H2,1-3H3,(H,18,21)/p+1/t11-/m1/s1. The van der Waals surface area contributed by atoms with E-state index in [1.54, 1.807) is 0 Å². The van der Waals surface area contributed by atoms with E-state index in [0.717, 1.165) is 4.90 Å². The number of nitrogens with zero attached hydrogens (tertiary/aromatic N) is 1. The third kappa shape index (κ3) is 4.48. The summed E-state index contributed by atoms with van der Waals surface area (Å²) in [5.74, 6) is -0.270. The van der Waals surface area contributed by atoms with Crippen molar-refractivity contribution in [2.75, 3.05) is 32.6 Å². The van der Waals surface area contributed by atoms with Gasteiger partial charge in [-0.25, -0.2) is 0 Å². The highest BCUT2D eigenvalue weighted by Gasteiger charge is 2.33. The maximum atomic E-state index is 12.6. The van der Waals surface area contributed by atoms with E-state index >= 15 is 0 Å². The van der Waals surface area contributed by atoms with Crippen molar-refractivity contribution >= 4 is 23.3 Å². The van der Waals surface area contributed by atoms with Gasteiger partial charge in [-0.05, 0) is 13.0 Å². The Hall–Kier alpha value is -2.68. The van der Waals surface area contributed by atoms with Gasteiger partial charge in [0.2, 0.25) is 0 Å². The van der Waals surface area contributed by atoms with E-state index in [2.05, 4.69) is 5.32 Å². The largest absolute Gasteiger partial charge is 0.494 e. The number of esters is 1. The Balaban J connectivity index is 1.99. The Bertz CT molecular complexity index is 685. The number of non-ortho nitro benzene ring substituents is 1. The minimum Gasteiger partial charge on any atom is -0.494 e. The molecule has 1 atom stereocenters. The number of methoxy groups -OCH3 is 2. The van der Waals surface area contributed by atoms with E-state index in [1.807, 2.05) is 6.92 Å². The molecule has 1 amide bonds. The third-order valence-electron chi connectivity index (χ3n) is 4.82. The van der Waals surface area contributed by atoms with Gasteiger partial charge in [0.25, 0.3) is 11.6 Å². The molecule has 0 unspecified atom stereocenters. The summed E-state index contributed by atoms with van der Waals surface area (Å²) in [5.41, 5.74) is 0.280. The first kappa shape index (κ1) is 19.6. The molecule has 1 fully saturated rings. The molecule has 0 spiro atoms. The first-order valence-electron chi connectivity index (χ1n) is 8.43. The summed E-state index contributed by atoms with van der Waals surface area (Å²) in [6.45, 7) is 3.22. The number of nitrogens with one attached hydrogen (secondary N) is 2. The lowest BCUT2D eigenvalue weighted by atomic mass is 9.96. The highest BCUT2D eigenvalue weighted by molar-refractivity contribution is 5.95. The van der Waals surface area contributed by atoms with E-state index < -0.39 is 4.92 Å². The monoisotopic (exact) mass is 366 g/mol. The van der Waals surface area contributed by atoms with Gasteiger partial charge in [-0.1, -0.05) is 0 Å². The Labute approximate surface area is 151 Å². The fourth-order valence-corrected chi connectivity index (χ4v) is 3.15. The second-order valence-electron chi connectivity index (χ2n) is 6.31. The van der Waals surface area contributed by atoms with Crippen LogP contribution in [-0.4, -0.2) is 50.2 Å². The van der Waals surface area contributed by atoms with E-state index in [0.29, 0.717) is 31.6 Å².